The standard InChI is InChI=1S/C10H21NO2/c1-5-10(11,6-2)9(12)7-13-8(3)4/h8H,5-7,11H2,1-4H3. The van der Waals surface area contributed by atoms with E-state index in [1.54, 1.807) is 0 Å². The Morgan fingerprint density at radius 2 is 1.85 bits per heavy atom. The molecule has 78 valence electrons. The van der Waals surface area contributed by atoms with Crippen LogP contribution in [0, 0.1) is 0 Å². The number of carbonyl (C=O) groups is 1. The summed E-state index contributed by atoms with van der Waals surface area (Å²) in [5.41, 5.74) is 5.21. The van der Waals surface area contributed by atoms with Gasteiger partial charge in [0.1, 0.15) is 6.61 Å². The van der Waals surface area contributed by atoms with E-state index in [2.05, 4.69) is 0 Å². The molecule has 2 N–H and O–H groups in total. The van der Waals surface area contributed by atoms with Crippen LogP contribution in [-0.2, 0) is 9.53 Å². The quantitative estimate of drug-likeness (QED) is 0.685. The van der Waals surface area contributed by atoms with Crippen molar-refractivity contribution in [2.45, 2.75) is 52.2 Å². The topological polar surface area (TPSA) is 52.3 Å². The number of rotatable bonds is 6. The fraction of sp³-hybridized carbons (Fsp3) is 0.900. The molecule has 0 saturated carbocycles. The average Bonchev–Trinajstić information content (AvgIpc) is 2.12. The largest absolute Gasteiger partial charge is 0.371 e. The number of ketones is 1. The van der Waals surface area contributed by atoms with Crippen molar-refractivity contribution >= 4 is 5.78 Å². The van der Waals surface area contributed by atoms with E-state index in [0.29, 0.717) is 12.8 Å². The molecular formula is C10H21NO2. The lowest BCUT2D eigenvalue weighted by molar-refractivity contribution is -0.130. The molecule has 0 fully saturated rings. The van der Waals surface area contributed by atoms with Crippen molar-refractivity contribution in [2.24, 2.45) is 5.73 Å². The maximum absolute atomic E-state index is 11.6. The van der Waals surface area contributed by atoms with Gasteiger partial charge in [0.05, 0.1) is 11.6 Å². The van der Waals surface area contributed by atoms with E-state index < -0.39 is 5.54 Å². The molecule has 0 radical (unpaired) electrons. The van der Waals surface area contributed by atoms with Crippen LogP contribution < -0.4 is 5.73 Å². The Hall–Kier alpha value is -0.410. The highest BCUT2D eigenvalue weighted by atomic mass is 16.5. The first-order chi connectivity index (χ1) is 5.96. The smallest absolute Gasteiger partial charge is 0.178 e. The number of hydrogen-bond donors (Lipinski definition) is 1. The summed E-state index contributed by atoms with van der Waals surface area (Å²) in [5, 5.41) is 0. The fourth-order valence-corrected chi connectivity index (χ4v) is 1.03. The normalized spacial score (nSPS) is 12.2. The van der Waals surface area contributed by atoms with Crippen LogP contribution in [0.5, 0.6) is 0 Å². The Bertz CT molecular complexity index is 162. The van der Waals surface area contributed by atoms with E-state index in [4.69, 9.17) is 10.5 Å². The van der Waals surface area contributed by atoms with Crippen LogP contribution in [0.3, 0.4) is 0 Å². The highest BCUT2D eigenvalue weighted by Gasteiger charge is 2.29. The Morgan fingerprint density at radius 3 is 2.15 bits per heavy atom. The molecule has 0 atom stereocenters. The van der Waals surface area contributed by atoms with E-state index in [1.807, 2.05) is 27.7 Å². The fourth-order valence-electron chi connectivity index (χ4n) is 1.03. The molecule has 0 aromatic rings. The number of hydrogen-bond acceptors (Lipinski definition) is 3. The van der Waals surface area contributed by atoms with Crippen molar-refractivity contribution in [3.8, 4) is 0 Å². The lowest BCUT2D eigenvalue weighted by Gasteiger charge is -2.25. The Morgan fingerprint density at radius 1 is 1.38 bits per heavy atom. The van der Waals surface area contributed by atoms with E-state index in [9.17, 15) is 4.79 Å². The number of carbonyl (C=O) groups excluding carboxylic acids is 1. The third-order valence-corrected chi connectivity index (χ3v) is 2.36. The molecule has 0 unspecified atom stereocenters. The predicted molar refractivity (Wildman–Crippen MR) is 53.6 cm³/mol. The minimum absolute atomic E-state index is 0.00574. The van der Waals surface area contributed by atoms with Gasteiger partial charge in [-0.05, 0) is 26.7 Å². The van der Waals surface area contributed by atoms with Crippen molar-refractivity contribution in [1.82, 2.24) is 0 Å². The molecule has 0 aromatic carbocycles. The minimum Gasteiger partial charge on any atom is -0.371 e. The van der Waals surface area contributed by atoms with Crippen molar-refractivity contribution in [1.29, 1.82) is 0 Å². The maximum atomic E-state index is 11.6. The molecule has 0 bridgehead atoms. The first-order valence-electron chi connectivity index (χ1n) is 4.90. The molecule has 0 aliphatic rings. The van der Waals surface area contributed by atoms with E-state index >= 15 is 0 Å². The molecular weight excluding hydrogens is 166 g/mol. The van der Waals surface area contributed by atoms with Crippen molar-refractivity contribution in [2.75, 3.05) is 6.61 Å². The summed E-state index contributed by atoms with van der Waals surface area (Å²) in [7, 11) is 0. The molecule has 3 nitrogen and oxygen atoms in total. The third kappa shape index (κ3) is 3.87. The zero-order valence-corrected chi connectivity index (χ0v) is 9.09. The van der Waals surface area contributed by atoms with Crippen LogP contribution >= 0.6 is 0 Å². The summed E-state index contributed by atoms with van der Waals surface area (Å²) < 4.78 is 5.22. The minimum atomic E-state index is -0.686. The molecule has 0 amide bonds. The monoisotopic (exact) mass is 187 g/mol. The zero-order chi connectivity index (χ0) is 10.5. The molecule has 0 heterocycles. The highest BCUT2D eigenvalue weighted by molar-refractivity contribution is 5.89. The van der Waals surface area contributed by atoms with Gasteiger partial charge >= 0.3 is 0 Å². The van der Waals surface area contributed by atoms with Gasteiger partial charge in [0.2, 0.25) is 0 Å². The van der Waals surface area contributed by atoms with Gasteiger partial charge in [-0.2, -0.15) is 0 Å². The van der Waals surface area contributed by atoms with Gasteiger partial charge in [0.15, 0.2) is 5.78 Å². The highest BCUT2D eigenvalue weighted by Crippen LogP contribution is 2.12. The number of nitrogens with two attached hydrogens (primary N) is 1. The van der Waals surface area contributed by atoms with Gasteiger partial charge in [-0.3, -0.25) is 4.79 Å². The molecule has 0 aliphatic carbocycles. The summed E-state index contributed by atoms with van der Waals surface area (Å²) in [6, 6.07) is 0. The molecule has 0 saturated heterocycles. The molecule has 0 aromatic heterocycles. The van der Waals surface area contributed by atoms with Crippen LogP contribution in [0.4, 0.5) is 0 Å². The Kier molecular flexibility index (Phi) is 5.18. The van der Waals surface area contributed by atoms with Gasteiger partial charge in [-0.25, -0.2) is 0 Å². The summed E-state index contributed by atoms with van der Waals surface area (Å²) in [6.07, 6.45) is 1.43. The molecule has 0 aliphatic heterocycles. The summed E-state index contributed by atoms with van der Waals surface area (Å²) in [5.74, 6) is 0.00574. The number of Topliss-reactive ketones (excluding diaryl/α,β-unsaturated/α-hetero) is 1. The summed E-state index contributed by atoms with van der Waals surface area (Å²) >= 11 is 0. The van der Waals surface area contributed by atoms with E-state index in [0.717, 1.165) is 0 Å². The predicted octanol–water partition coefficient (Wildman–Crippen LogP) is 1.50. The Labute approximate surface area is 80.6 Å². The molecule has 0 spiro atoms. The second-order valence-corrected chi connectivity index (χ2v) is 3.65. The van der Waals surface area contributed by atoms with Crippen LogP contribution in [0.1, 0.15) is 40.5 Å². The van der Waals surface area contributed by atoms with Gasteiger partial charge < -0.3 is 10.5 Å². The maximum Gasteiger partial charge on any atom is 0.178 e. The van der Waals surface area contributed by atoms with Crippen molar-refractivity contribution in [3.05, 3.63) is 0 Å². The van der Waals surface area contributed by atoms with Crippen molar-refractivity contribution < 1.29 is 9.53 Å². The first-order valence-corrected chi connectivity index (χ1v) is 4.90. The van der Waals surface area contributed by atoms with Gasteiger partial charge in [-0.1, -0.05) is 13.8 Å². The second kappa shape index (κ2) is 5.35. The SMILES string of the molecule is CCC(N)(CC)C(=O)COC(C)C. The van der Waals surface area contributed by atoms with Crippen LogP contribution in [0.2, 0.25) is 0 Å². The van der Waals surface area contributed by atoms with E-state index in [1.165, 1.54) is 0 Å². The number of ether oxygens (including phenoxy) is 1. The average molecular weight is 187 g/mol. The van der Waals surface area contributed by atoms with Crippen molar-refractivity contribution in [3.63, 3.8) is 0 Å². The first kappa shape index (κ1) is 12.6. The van der Waals surface area contributed by atoms with Crippen LogP contribution in [-0.4, -0.2) is 24.0 Å². The molecule has 0 rings (SSSR count). The lowest BCUT2D eigenvalue weighted by atomic mass is 9.89. The third-order valence-electron chi connectivity index (χ3n) is 2.36. The zero-order valence-electron chi connectivity index (χ0n) is 9.09. The van der Waals surface area contributed by atoms with Gasteiger partial charge in [0, 0.05) is 0 Å². The second-order valence-electron chi connectivity index (χ2n) is 3.65. The summed E-state index contributed by atoms with van der Waals surface area (Å²) in [6.45, 7) is 7.80. The van der Waals surface area contributed by atoms with Gasteiger partial charge in [0.25, 0.3) is 0 Å². The van der Waals surface area contributed by atoms with Gasteiger partial charge in [-0.15, -0.1) is 0 Å². The summed E-state index contributed by atoms with van der Waals surface area (Å²) in [4.78, 5) is 11.6. The van der Waals surface area contributed by atoms with E-state index in [-0.39, 0.29) is 18.5 Å². The Balaban J connectivity index is 4.07. The lowest BCUT2D eigenvalue weighted by Crippen LogP contribution is -2.48. The van der Waals surface area contributed by atoms with Crippen LogP contribution in [0.25, 0.3) is 0 Å². The molecule has 3 heteroatoms. The molecule has 13 heavy (non-hydrogen) atoms. The van der Waals surface area contributed by atoms with Crippen LogP contribution in [0.15, 0.2) is 0 Å².